The number of allylic oxidation sites excluding steroid dienone is 3. The lowest BCUT2D eigenvalue weighted by Crippen LogP contribution is -2.41. The second-order valence-corrected chi connectivity index (χ2v) is 11.9. The molecule has 0 atom stereocenters. The standard InChI is InChI=1S/C17H34OSi/c1-9-10-11-12-15(2)13-16(3)14-18-19(7,8)17(4,5)6/h12-13H,9-11,14H2,1-8H3/b15-12-,16-13+. The lowest BCUT2D eigenvalue weighted by atomic mass is 10.1. The summed E-state index contributed by atoms with van der Waals surface area (Å²) < 4.78 is 6.23. The van der Waals surface area contributed by atoms with Gasteiger partial charge in [-0.15, -0.1) is 0 Å². The summed E-state index contributed by atoms with van der Waals surface area (Å²) in [7, 11) is -1.61. The molecule has 19 heavy (non-hydrogen) atoms. The van der Waals surface area contributed by atoms with Gasteiger partial charge in [0, 0.05) is 0 Å². The van der Waals surface area contributed by atoms with Crippen molar-refractivity contribution in [2.45, 2.75) is 78.9 Å². The quantitative estimate of drug-likeness (QED) is 0.312. The Morgan fingerprint density at radius 2 is 1.74 bits per heavy atom. The van der Waals surface area contributed by atoms with Crippen LogP contribution in [-0.4, -0.2) is 14.9 Å². The number of hydrogen-bond donors (Lipinski definition) is 0. The first-order chi connectivity index (χ1) is 8.60. The van der Waals surface area contributed by atoms with E-state index in [9.17, 15) is 0 Å². The first kappa shape index (κ1) is 18.7. The lowest BCUT2D eigenvalue weighted by Gasteiger charge is -2.36. The van der Waals surface area contributed by atoms with E-state index in [0.29, 0.717) is 5.04 Å². The van der Waals surface area contributed by atoms with E-state index in [1.807, 2.05) is 0 Å². The van der Waals surface area contributed by atoms with Crippen molar-refractivity contribution in [1.82, 2.24) is 0 Å². The molecule has 0 aromatic heterocycles. The van der Waals surface area contributed by atoms with Gasteiger partial charge in [-0.05, 0) is 44.0 Å². The Balaban J connectivity index is 4.38. The summed E-state index contributed by atoms with van der Waals surface area (Å²) in [4.78, 5) is 0. The van der Waals surface area contributed by atoms with Crippen LogP contribution in [0, 0.1) is 0 Å². The van der Waals surface area contributed by atoms with Crippen LogP contribution in [0.1, 0.15) is 60.8 Å². The Morgan fingerprint density at radius 1 is 1.16 bits per heavy atom. The monoisotopic (exact) mass is 282 g/mol. The zero-order valence-corrected chi connectivity index (χ0v) is 15.4. The molecule has 0 aromatic rings. The molecule has 112 valence electrons. The highest BCUT2D eigenvalue weighted by atomic mass is 28.4. The largest absolute Gasteiger partial charge is 0.413 e. The van der Waals surface area contributed by atoms with Crippen molar-refractivity contribution in [1.29, 1.82) is 0 Å². The minimum atomic E-state index is -1.61. The van der Waals surface area contributed by atoms with E-state index < -0.39 is 8.32 Å². The minimum absolute atomic E-state index is 0.291. The van der Waals surface area contributed by atoms with E-state index in [-0.39, 0.29) is 0 Å². The van der Waals surface area contributed by atoms with E-state index in [0.717, 1.165) is 6.61 Å². The Hall–Kier alpha value is -0.343. The van der Waals surface area contributed by atoms with Gasteiger partial charge in [0.25, 0.3) is 0 Å². The second kappa shape index (κ2) is 8.06. The van der Waals surface area contributed by atoms with E-state index in [1.165, 1.54) is 30.4 Å². The summed E-state index contributed by atoms with van der Waals surface area (Å²) in [5.74, 6) is 0. The molecular weight excluding hydrogens is 248 g/mol. The van der Waals surface area contributed by atoms with Crippen molar-refractivity contribution in [2.24, 2.45) is 0 Å². The van der Waals surface area contributed by atoms with Gasteiger partial charge in [-0.2, -0.15) is 0 Å². The van der Waals surface area contributed by atoms with E-state index in [4.69, 9.17) is 4.43 Å². The fraction of sp³-hybridized carbons (Fsp3) is 0.765. The zero-order valence-electron chi connectivity index (χ0n) is 14.4. The highest BCUT2D eigenvalue weighted by Gasteiger charge is 2.36. The lowest BCUT2D eigenvalue weighted by molar-refractivity contribution is 0.318. The molecule has 0 aliphatic rings. The molecular formula is C17H34OSi. The number of hydrogen-bond acceptors (Lipinski definition) is 1. The van der Waals surface area contributed by atoms with Crippen LogP contribution in [0.5, 0.6) is 0 Å². The maximum Gasteiger partial charge on any atom is 0.192 e. The molecule has 0 bridgehead atoms. The van der Waals surface area contributed by atoms with Crippen LogP contribution in [0.15, 0.2) is 23.3 Å². The SMILES string of the molecule is CCCC/C=C(C)\C=C(/C)CO[Si](C)(C)C(C)(C)C. The van der Waals surface area contributed by atoms with Gasteiger partial charge < -0.3 is 4.43 Å². The molecule has 0 fully saturated rings. The van der Waals surface area contributed by atoms with E-state index in [1.54, 1.807) is 0 Å². The molecule has 0 radical (unpaired) electrons. The van der Waals surface area contributed by atoms with Crippen LogP contribution < -0.4 is 0 Å². The fourth-order valence-corrected chi connectivity index (χ4v) is 2.56. The third-order valence-corrected chi connectivity index (χ3v) is 8.44. The molecule has 0 unspecified atom stereocenters. The van der Waals surface area contributed by atoms with Gasteiger partial charge in [0.2, 0.25) is 0 Å². The molecule has 0 aromatic carbocycles. The van der Waals surface area contributed by atoms with E-state index in [2.05, 4.69) is 66.8 Å². The highest BCUT2D eigenvalue weighted by Crippen LogP contribution is 2.36. The molecule has 1 nitrogen and oxygen atoms in total. The summed E-state index contributed by atoms with van der Waals surface area (Å²) in [6.07, 6.45) is 8.34. The maximum atomic E-state index is 6.23. The summed E-state index contributed by atoms with van der Waals surface area (Å²) in [5, 5.41) is 0.291. The molecule has 0 aliphatic carbocycles. The van der Waals surface area contributed by atoms with Crippen molar-refractivity contribution < 1.29 is 4.43 Å². The third kappa shape index (κ3) is 7.73. The van der Waals surface area contributed by atoms with Crippen molar-refractivity contribution in [3.05, 3.63) is 23.3 Å². The Bertz CT molecular complexity index is 319. The van der Waals surface area contributed by atoms with Crippen LogP contribution in [-0.2, 0) is 4.43 Å². The van der Waals surface area contributed by atoms with Gasteiger partial charge in [-0.25, -0.2) is 0 Å². The van der Waals surface area contributed by atoms with Gasteiger partial charge >= 0.3 is 0 Å². The van der Waals surface area contributed by atoms with Crippen molar-refractivity contribution in [3.63, 3.8) is 0 Å². The van der Waals surface area contributed by atoms with Gasteiger partial charge in [0.1, 0.15) is 0 Å². The Morgan fingerprint density at radius 3 is 2.21 bits per heavy atom. The number of unbranched alkanes of at least 4 members (excludes halogenated alkanes) is 2. The van der Waals surface area contributed by atoms with Crippen LogP contribution in [0.25, 0.3) is 0 Å². The van der Waals surface area contributed by atoms with Crippen molar-refractivity contribution >= 4 is 8.32 Å². The van der Waals surface area contributed by atoms with Crippen LogP contribution in [0.2, 0.25) is 18.1 Å². The summed E-state index contributed by atoms with van der Waals surface area (Å²) in [5.41, 5.74) is 2.69. The average molecular weight is 283 g/mol. The van der Waals surface area contributed by atoms with Gasteiger partial charge in [0.05, 0.1) is 6.61 Å². The van der Waals surface area contributed by atoms with Crippen molar-refractivity contribution in [3.8, 4) is 0 Å². The predicted molar refractivity (Wildman–Crippen MR) is 90.2 cm³/mol. The fourth-order valence-electron chi connectivity index (χ4n) is 1.53. The summed E-state index contributed by atoms with van der Waals surface area (Å²) >= 11 is 0. The molecule has 0 saturated heterocycles. The smallest absolute Gasteiger partial charge is 0.192 e. The molecule has 0 saturated carbocycles. The summed E-state index contributed by atoms with van der Waals surface area (Å²) in [6.45, 7) is 18.8. The van der Waals surface area contributed by atoms with Gasteiger partial charge in [0.15, 0.2) is 8.32 Å². The van der Waals surface area contributed by atoms with E-state index >= 15 is 0 Å². The molecule has 0 heterocycles. The topological polar surface area (TPSA) is 9.23 Å². The Kier molecular flexibility index (Phi) is 7.91. The van der Waals surface area contributed by atoms with Crippen molar-refractivity contribution in [2.75, 3.05) is 6.61 Å². The van der Waals surface area contributed by atoms with Crippen LogP contribution >= 0.6 is 0 Å². The zero-order chi connectivity index (χ0) is 15.1. The first-order valence-corrected chi connectivity index (χ1v) is 10.5. The maximum absolute atomic E-state index is 6.23. The third-order valence-electron chi connectivity index (χ3n) is 3.96. The second-order valence-electron chi connectivity index (χ2n) is 7.13. The summed E-state index contributed by atoms with van der Waals surface area (Å²) in [6, 6.07) is 0. The van der Waals surface area contributed by atoms with Crippen LogP contribution in [0.3, 0.4) is 0 Å². The highest BCUT2D eigenvalue weighted by molar-refractivity contribution is 6.74. The molecule has 0 aliphatic heterocycles. The normalized spacial score (nSPS) is 14.9. The molecule has 0 N–H and O–H groups in total. The number of rotatable bonds is 7. The molecule has 0 amide bonds. The van der Waals surface area contributed by atoms with Gasteiger partial charge in [-0.3, -0.25) is 0 Å². The Labute approximate surface area is 122 Å². The predicted octanol–water partition coefficient (Wildman–Crippen LogP) is 6.09. The molecule has 0 spiro atoms. The first-order valence-electron chi connectivity index (χ1n) is 7.58. The van der Waals surface area contributed by atoms with Gasteiger partial charge in [-0.1, -0.05) is 58.3 Å². The average Bonchev–Trinajstić information content (AvgIpc) is 2.25. The molecule has 0 rings (SSSR count). The van der Waals surface area contributed by atoms with Crippen LogP contribution in [0.4, 0.5) is 0 Å². The molecule has 2 heteroatoms. The minimum Gasteiger partial charge on any atom is -0.413 e.